The van der Waals surface area contributed by atoms with Crippen LogP contribution < -0.4 is 10.2 Å². The molecule has 0 radical (unpaired) electrons. The molecule has 1 aromatic carbocycles. The zero-order chi connectivity index (χ0) is 20.2. The van der Waals surface area contributed by atoms with Gasteiger partial charge in [-0.15, -0.1) is 0 Å². The lowest BCUT2D eigenvalue weighted by atomic mass is 10.1. The molecule has 1 aromatic heterocycles. The molecule has 4 rings (SSSR count). The fourth-order valence-electron chi connectivity index (χ4n) is 3.79. The van der Waals surface area contributed by atoms with Gasteiger partial charge in [-0.1, -0.05) is 17.7 Å². The highest BCUT2D eigenvalue weighted by atomic mass is 35.5. The van der Waals surface area contributed by atoms with E-state index in [1.54, 1.807) is 24.3 Å². The van der Waals surface area contributed by atoms with E-state index in [2.05, 4.69) is 15.3 Å². The first-order chi connectivity index (χ1) is 14.1. The van der Waals surface area contributed by atoms with Crippen molar-refractivity contribution in [1.82, 2.24) is 14.9 Å². The summed E-state index contributed by atoms with van der Waals surface area (Å²) in [6.45, 7) is 3.32. The molecule has 0 atom stereocenters. The number of hydrogen-bond acceptors (Lipinski definition) is 5. The highest BCUT2D eigenvalue weighted by Crippen LogP contribution is 2.22. The van der Waals surface area contributed by atoms with E-state index < -0.39 is 5.91 Å². The molecule has 8 heteroatoms. The normalized spacial score (nSPS) is 16.7. The molecule has 0 unspecified atom stereocenters. The molecular formula is C21H24ClN5O2. The molecule has 3 heterocycles. The van der Waals surface area contributed by atoms with Gasteiger partial charge in [0, 0.05) is 37.4 Å². The molecule has 0 bridgehead atoms. The summed E-state index contributed by atoms with van der Waals surface area (Å²) in [5, 5.41) is 3.01. The first kappa shape index (κ1) is 19.6. The Bertz CT molecular complexity index is 908. The average molecular weight is 414 g/mol. The standard InChI is InChI=1S/C21H24ClN5O2/c22-17-14-23-21(27-11-4-5-12-27)25-18(17)19(28)24-16-8-6-7-15(13-16)20(29)26-9-2-1-3-10-26/h6-8,13-14H,1-5,9-12H2,(H,24,28). The third-order valence-corrected chi connectivity index (χ3v) is 5.62. The van der Waals surface area contributed by atoms with Gasteiger partial charge in [0.05, 0.1) is 11.2 Å². The quantitative estimate of drug-likeness (QED) is 0.828. The first-order valence-corrected chi connectivity index (χ1v) is 10.5. The SMILES string of the molecule is O=C(Nc1cccc(C(=O)N2CCCCC2)c1)c1nc(N2CCCC2)ncc1Cl. The van der Waals surface area contributed by atoms with Gasteiger partial charge < -0.3 is 15.1 Å². The van der Waals surface area contributed by atoms with E-state index in [0.29, 0.717) is 17.2 Å². The third-order valence-electron chi connectivity index (χ3n) is 5.35. The van der Waals surface area contributed by atoms with E-state index in [4.69, 9.17) is 11.6 Å². The van der Waals surface area contributed by atoms with E-state index in [9.17, 15) is 9.59 Å². The van der Waals surface area contributed by atoms with Crippen LogP contribution in [-0.4, -0.2) is 52.9 Å². The molecule has 2 aliphatic heterocycles. The van der Waals surface area contributed by atoms with Crippen LogP contribution in [0.5, 0.6) is 0 Å². The number of halogens is 1. The summed E-state index contributed by atoms with van der Waals surface area (Å²) in [5.74, 6) is 0.101. The second kappa shape index (κ2) is 8.78. The Morgan fingerprint density at radius 3 is 2.48 bits per heavy atom. The smallest absolute Gasteiger partial charge is 0.276 e. The fraction of sp³-hybridized carbons (Fsp3) is 0.429. The second-order valence-electron chi connectivity index (χ2n) is 7.45. The summed E-state index contributed by atoms with van der Waals surface area (Å²) in [6, 6.07) is 6.99. The van der Waals surface area contributed by atoms with E-state index >= 15 is 0 Å². The molecule has 0 saturated carbocycles. The van der Waals surface area contributed by atoms with Crippen molar-refractivity contribution in [2.45, 2.75) is 32.1 Å². The van der Waals surface area contributed by atoms with Crippen LogP contribution in [0.25, 0.3) is 0 Å². The molecule has 0 spiro atoms. The topological polar surface area (TPSA) is 78.4 Å². The number of nitrogens with one attached hydrogen (secondary N) is 1. The van der Waals surface area contributed by atoms with Crippen LogP contribution in [-0.2, 0) is 0 Å². The number of amides is 2. The number of hydrogen-bond donors (Lipinski definition) is 1. The summed E-state index contributed by atoms with van der Waals surface area (Å²) in [5.41, 5.74) is 1.24. The van der Waals surface area contributed by atoms with Crippen molar-refractivity contribution in [1.29, 1.82) is 0 Å². The third kappa shape index (κ3) is 4.50. The molecule has 2 aliphatic rings. The highest BCUT2D eigenvalue weighted by Gasteiger charge is 2.21. The van der Waals surface area contributed by atoms with Crippen molar-refractivity contribution in [2.24, 2.45) is 0 Å². The largest absolute Gasteiger partial charge is 0.341 e. The predicted octanol–water partition coefficient (Wildman–Crippen LogP) is 3.61. The van der Waals surface area contributed by atoms with Gasteiger partial charge in [-0.25, -0.2) is 9.97 Å². The molecule has 0 aliphatic carbocycles. The summed E-state index contributed by atoms with van der Waals surface area (Å²) >= 11 is 6.18. The maximum absolute atomic E-state index is 12.8. The molecule has 152 valence electrons. The van der Waals surface area contributed by atoms with Crippen LogP contribution in [0.4, 0.5) is 11.6 Å². The minimum atomic E-state index is -0.416. The number of carbonyl (C=O) groups is 2. The Morgan fingerprint density at radius 2 is 1.72 bits per heavy atom. The number of anilines is 2. The van der Waals surface area contributed by atoms with Gasteiger partial charge in [-0.05, 0) is 50.3 Å². The van der Waals surface area contributed by atoms with Crippen LogP contribution in [0.2, 0.25) is 5.02 Å². The van der Waals surface area contributed by atoms with Crippen molar-refractivity contribution in [3.05, 3.63) is 46.7 Å². The Kier molecular flexibility index (Phi) is 5.94. The van der Waals surface area contributed by atoms with Crippen LogP contribution in [0.3, 0.4) is 0 Å². The van der Waals surface area contributed by atoms with Crippen molar-refractivity contribution in [2.75, 3.05) is 36.4 Å². The number of rotatable bonds is 4. The summed E-state index contributed by atoms with van der Waals surface area (Å²) in [6.07, 6.45) is 6.88. The van der Waals surface area contributed by atoms with Gasteiger partial charge in [0.2, 0.25) is 5.95 Å². The first-order valence-electron chi connectivity index (χ1n) is 10.1. The summed E-state index contributed by atoms with van der Waals surface area (Å²) < 4.78 is 0. The molecule has 7 nitrogen and oxygen atoms in total. The van der Waals surface area contributed by atoms with Crippen LogP contribution in [0.1, 0.15) is 53.0 Å². The molecule has 1 N–H and O–H groups in total. The lowest BCUT2D eigenvalue weighted by Gasteiger charge is -2.26. The Labute approximate surface area is 175 Å². The Balaban J connectivity index is 1.50. The zero-order valence-corrected chi connectivity index (χ0v) is 17.0. The zero-order valence-electron chi connectivity index (χ0n) is 16.2. The van der Waals surface area contributed by atoms with Gasteiger partial charge in [-0.3, -0.25) is 9.59 Å². The van der Waals surface area contributed by atoms with E-state index in [1.807, 2.05) is 9.80 Å². The lowest BCUT2D eigenvalue weighted by Crippen LogP contribution is -2.35. The fourth-order valence-corrected chi connectivity index (χ4v) is 3.96. The van der Waals surface area contributed by atoms with Crippen molar-refractivity contribution in [3.63, 3.8) is 0 Å². The van der Waals surface area contributed by atoms with E-state index in [-0.39, 0.29) is 16.6 Å². The van der Waals surface area contributed by atoms with Crippen LogP contribution in [0.15, 0.2) is 30.5 Å². The monoisotopic (exact) mass is 413 g/mol. The molecular weight excluding hydrogens is 390 g/mol. The van der Waals surface area contributed by atoms with Crippen LogP contribution >= 0.6 is 11.6 Å². The Morgan fingerprint density at radius 1 is 1.00 bits per heavy atom. The molecule has 29 heavy (non-hydrogen) atoms. The predicted molar refractivity (Wildman–Crippen MR) is 113 cm³/mol. The maximum Gasteiger partial charge on any atom is 0.276 e. The second-order valence-corrected chi connectivity index (χ2v) is 7.86. The maximum atomic E-state index is 12.8. The van der Waals surface area contributed by atoms with Crippen LogP contribution in [0, 0.1) is 0 Å². The van der Waals surface area contributed by atoms with Gasteiger partial charge in [0.15, 0.2) is 5.69 Å². The van der Waals surface area contributed by atoms with Crippen molar-refractivity contribution < 1.29 is 9.59 Å². The Hall–Kier alpha value is -2.67. The number of likely N-dealkylation sites (tertiary alicyclic amines) is 1. The highest BCUT2D eigenvalue weighted by molar-refractivity contribution is 6.34. The molecule has 2 amide bonds. The van der Waals surface area contributed by atoms with E-state index in [1.165, 1.54) is 12.6 Å². The summed E-state index contributed by atoms with van der Waals surface area (Å²) in [4.78, 5) is 38.0. The van der Waals surface area contributed by atoms with Gasteiger partial charge in [0.25, 0.3) is 11.8 Å². The van der Waals surface area contributed by atoms with Gasteiger partial charge >= 0.3 is 0 Å². The number of piperidine rings is 1. The van der Waals surface area contributed by atoms with Gasteiger partial charge in [0.1, 0.15) is 0 Å². The molecule has 2 aromatic rings. The number of nitrogens with zero attached hydrogens (tertiary/aromatic N) is 4. The van der Waals surface area contributed by atoms with Crippen molar-refractivity contribution in [3.8, 4) is 0 Å². The van der Waals surface area contributed by atoms with Crippen molar-refractivity contribution >= 4 is 35.1 Å². The lowest BCUT2D eigenvalue weighted by molar-refractivity contribution is 0.0724. The average Bonchev–Trinajstić information content (AvgIpc) is 3.29. The molecule has 2 fully saturated rings. The number of carbonyl (C=O) groups excluding carboxylic acids is 2. The minimum absolute atomic E-state index is 0.00260. The number of benzene rings is 1. The minimum Gasteiger partial charge on any atom is -0.341 e. The van der Waals surface area contributed by atoms with Gasteiger partial charge in [-0.2, -0.15) is 0 Å². The van der Waals surface area contributed by atoms with E-state index in [0.717, 1.165) is 51.9 Å². The summed E-state index contributed by atoms with van der Waals surface area (Å²) in [7, 11) is 0. The molecule has 2 saturated heterocycles. The number of aromatic nitrogens is 2.